The largest absolute Gasteiger partial charge is 0.465 e. The minimum absolute atomic E-state index is 0.198. The van der Waals surface area contributed by atoms with Crippen molar-refractivity contribution in [1.29, 1.82) is 0 Å². The van der Waals surface area contributed by atoms with Crippen molar-refractivity contribution in [2.24, 2.45) is 0 Å². The fourth-order valence-electron chi connectivity index (χ4n) is 2.25. The molecule has 1 amide bonds. The summed E-state index contributed by atoms with van der Waals surface area (Å²) in [6.45, 7) is 1.96. The van der Waals surface area contributed by atoms with E-state index in [1.807, 2.05) is 0 Å². The van der Waals surface area contributed by atoms with E-state index in [1.54, 1.807) is 25.1 Å². The second-order valence-corrected chi connectivity index (χ2v) is 5.18. The quantitative estimate of drug-likeness (QED) is 0.670. The number of hydrogen-bond acceptors (Lipinski definition) is 6. The van der Waals surface area contributed by atoms with Gasteiger partial charge in [-0.25, -0.2) is 19.4 Å². The summed E-state index contributed by atoms with van der Waals surface area (Å²) in [6.07, 6.45) is 2.86. The van der Waals surface area contributed by atoms with Gasteiger partial charge >= 0.3 is 5.97 Å². The SMILES string of the molecule is COC(=O)c1ccc2nc(CNC(=O)[C@H](C)n3cncn3)[nH]c2c1. The molecule has 0 saturated heterocycles. The molecule has 24 heavy (non-hydrogen) atoms. The van der Waals surface area contributed by atoms with E-state index in [0.29, 0.717) is 22.4 Å². The van der Waals surface area contributed by atoms with Gasteiger partial charge in [-0.05, 0) is 25.1 Å². The molecule has 0 unspecified atom stereocenters. The van der Waals surface area contributed by atoms with Gasteiger partial charge in [0.2, 0.25) is 5.91 Å². The van der Waals surface area contributed by atoms with Crippen LogP contribution in [-0.4, -0.2) is 43.7 Å². The molecule has 0 aliphatic heterocycles. The Morgan fingerprint density at radius 3 is 2.96 bits per heavy atom. The predicted octanol–water partition coefficient (Wildman–Crippen LogP) is 0.818. The van der Waals surface area contributed by atoms with Crippen LogP contribution in [0.15, 0.2) is 30.9 Å². The highest BCUT2D eigenvalue weighted by molar-refractivity contribution is 5.93. The highest BCUT2D eigenvalue weighted by atomic mass is 16.5. The van der Waals surface area contributed by atoms with Gasteiger partial charge in [0.1, 0.15) is 24.5 Å². The van der Waals surface area contributed by atoms with Gasteiger partial charge in [0.15, 0.2) is 0 Å². The number of amides is 1. The maximum atomic E-state index is 12.1. The predicted molar refractivity (Wildman–Crippen MR) is 84.0 cm³/mol. The number of carbonyl (C=O) groups excluding carboxylic acids is 2. The molecule has 0 radical (unpaired) electrons. The van der Waals surface area contributed by atoms with E-state index in [4.69, 9.17) is 0 Å². The number of nitrogens with zero attached hydrogens (tertiary/aromatic N) is 4. The first-order chi connectivity index (χ1) is 11.6. The number of aromatic nitrogens is 5. The zero-order valence-corrected chi connectivity index (χ0v) is 13.2. The summed E-state index contributed by atoms with van der Waals surface area (Å²) < 4.78 is 6.16. The van der Waals surface area contributed by atoms with E-state index >= 15 is 0 Å². The van der Waals surface area contributed by atoms with Crippen LogP contribution in [0.4, 0.5) is 0 Å². The lowest BCUT2D eigenvalue weighted by Crippen LogP contribution is -2.31. The molecule has 0 aliphatic carbocycles. The summed E-state index contributed by atoms with van der Waals surface area (Å²) in [4.78, 5) is 34.9. The van der Waals surface area contributed by atoms with Crippen molar-refractivity contribution in [3.8, 4) is 0 Å². The summed E-state index contributed by atoms with van der Waals surface area (Å²) in [6, 6.07) is 4.56. The molecule has 0 spiro atoms. The van der Waals surface area contributed by atoms with Crippen molar-refractivity contribution in [3.63, 3.8) is 0 Å². The number of esters is 1. The fraction of sp³-hybridized carbons (Fsp3) is 0.267. The molecule has 9 nitrogen and oxygen atoms in total. The van der Waals surface area contributed by atoms with Crippen LogP contribution in [0.2, 0.25) is 0 Å². The minimum atomic E-state index is -0.470. The van der Waals surface area contributed by atoms with Crippen LogP contribution in [-0.2, 0) is 16.1 Å². The van der Waals surface area contributed by atoms with Gasteiger partial charge in [0, 0.05) is 0 Å². The van der Waals surface area contributed by atoms with Crippen LogP contribution in [0.25, 0.3) is 11.0 Å². The van der Waals surface area contributed by atoms with Crippen LogP contribution in [0.1, 0.15) is 29.1 Å². The van der Waals surface area contributed by atoms with Gasteiger partial charge in [0.25, 0.3) is 0 Å². The summed E-state index contributed by atoms with van der Waals surface area (Å²) in [7, 11) is 1.33. The molecule has 3 rings (SSSR count). The molecular formula is C15H16N6O3. The third-order valence-corrected chi connectivity index (χ3v) is 3.59. The molecule has 1 atom stereocenters. The lowest BCUT2D eigenvalue weighted by Gasteiger charge is -2.10. The van der Waals surface area contributed by atoms with Gasteiger partial charge in [-0.15, -0.1) is 0 Å². The lowest BCUT2D eigenvalue weighted by molar-refractivity contribution is -0.124. The summed E-state index contributed by atoms with van der Waals surface area (Å²) in [5.41, 5.74) is 1.84. The van der Waals surface area contributed by atoms with E-state index in [1.165, 1.54) is 24.4 Å². The first-order valence-electron chi connectivity index (χ1n) is 7.27. The van der Waals surface area contributed by atoms with Crippen molar-refractivity contribution >= 4 is 22.9 Å². The van der Waals surface area contributed by atoms with Crippen LogP contribution in [0, 0.1) is 0 Å². The van der Waals surface area contributed by atoms with E-state index in [-0.39, 0.29) is 12.5 Å². The maximum absolute atomic E-state index is 12.1. The van der Waals surface area contributed by atoms with Crippen molar-refractivity contribution in [2.45, 2.75) is 19.5 Å². The summed E-state index contributed by atoms with van der Waals surface area (Å²) in [5.74, 6) is -0.0228. The number of H-pyrrole nitrogens is 1. The average molecular weight is 328 g/mol. The van der Waals surface area contributed by atoms with Crippen molar-refractivity contribution in [3.05, 3.63) is 42.2 Å². The fourth-order valence-corrected chi connectivity index (χ4v) is 2.25. The van der Waals surface area contributed by atoms with Gasteiger partial charge < -0.3 is 15.0 Å². The average Bonchev–Trinajstić information content (AvgIpc) is 3.26. The van der Waals surface area contributed by atoms with Crippen LogP contribution in [0.5, 0.6) is 0 Å². The molecule has 2 heterocycles. The Hall–Kier alpha value is -3.23. The maximum Gasteiger partial charge on any atom is 0.337 e. The van der Waals surface area contributed by atoms with Gasteiger partial charge in [0.05, 0.1) is 30.3 Å². The number of rotatable bonds is 5. The first kappa shape index (κ1) is 15.7. The van der Waals surface area contributed by atoms with Crippen LogP contribution < -0.4 is 5.32 Å². The van der Waals surface area contributed by atoms with E-state index < -0.39 is 12.0 Å². The lowest BCUT2D eigenvalue weighted by atomic mass is 10.2. The highest BCUT2D eigenvalue weighted by Crippen LogP contribution is 2.14. The van der Waals surface area contributed by atoms with E-state index in [2.05, 4.69) is 30.1 Å². The molecular weight excluding hydrogens is 312 g/mol. The Morgan fingerprint density at radius 2 is 2.25 bits per heavy atom. The zero-order valence-electron chi connectivity index (χ0n) is 13.2. The van der Waals surface area contributed by atoms with Crippen molar-refractivity contribution in [1.82, 2.24) is 30.0 Å². The number of nitrogens with one attached hydrogen (secondary N) is 2. The summed E-state index contributed by atoms with van der Waals surface area (Å²) in [5, 5.41) is 6.72. The van der Waals surface area contributed by atoms with Crippen LogP contribution in [0.3, 0.4) is 0 Å². The molecule has 2 N–H and O–H groups in total. The molecule has 3 aromatic rings. The number of methoxy groups -OCH3 is 1. The second-order valence-electron chi connectivity index (χ2n) is 5.18. The second kappa shape index (κ2) is 6.49. The minimum Gasteiger partial charge on any atom is -0.465 e. The number of benzene rings is 1. The molecule has 9 heteroatoms. The highest BCUT2D eigenvalue weighted by Gasteiger charge is 2.16. The van der Waals surface area contributed by atoms with Crippen molar-refractivity contribution in [2.75, 3.05) is 7.11 Å². The third-order valence-electron chi connectivity index (χ3n) is 3.59. The van der Waals surface area contributed by atoms with Gasteiger partial charge in [-0.3, -0.25) is 4.79 Å². The molecule has 2 aromatic heterocycles. The smallest absolute Gasteiger partial charge is 0.337 e. The summed E-state index contributed by atoms with van der Waals surface area (Å²) >= 11 is 0. The molecule has 0 aliphatic rings. The Morgan fingerprint density at radius 1 is 1.42 bits per heavy atom. The Bertz CT molecular complexity index is 871. The first-order valence-corrected chi connectivity index (χ1v) is 7.27. The number of imidazole rings is 1. The Kier molecular flexibility index (Phi) is 4.23. The number of fused-ring (bicyclic) bond motifs is 1. The topological polar surface area (TPSA) is 115 Å². The number of carbonyl (C=O) groups is 2. The molecule has 0 saturated carbocycles. The van der Waals surface area contributed by atoms with Crippen LogP contribution >= 0.6 is 0 Å². The monoisotopic (exact) mass is 328 g/mol. The molecule has 0 fully saturated rings. The zero-order chi connectivity index (χ0) is 17.1. The Balaban J connectivity index is 1.69. The molecule has 124 valence electrons. The van der Waals surface area contributed by atoms with Gasteiger partial charge in [-0.1, -0.05) is 0 Å². The van der Waals surface area contributed by atoms with Gasteiger partial charge in [-0.2, -0.15) is 5.10 Å². The molecule has 0 bridgehead atoms. The number of aromatic amines is 1. The third kappa shape index (κ3) is 3.09. The number of hydrogen-bond donors (Lipinski definition) is 2. The standard InChI is InChI=1S/C15H16N6O3/c1-9(21-8-16-7-18-21)14(22)17-6-13-19-11-4-3-10(15(23)24-2)5-12(11)20-13/h3-5,7-9H,6H2,1-2H3,(H,17,22)(H,19,20)/t9-/m0/s1. The normalized spacial score (nSPS) is 12.1. The number of ether oxygens (including phenoxy) is 1. The van der Waals surface area contributed by atoms with E-state index in [0.717, 1.165) is 0 Å². The Labute approximate surface area is 137 Å². The molecule has 1 aromatic carbocycles. The van der Waals surface area contributed by atoms with E-state index in [9.17, 15) is 9.59 Å². The van der Waals surface area contributed by atoms with Crippen molar-refractivity contribution < 1.29 is 14.3 Å².